The summed E-state index contributed by atoms with van der Waals surface area (Å²) in [6, 6.07) is 0. The summed E-state index contributed by atoms with van der Waals surface area (Å²) in [6.07, 6.45) is 4.60. The number of H-pyrrole nitrogens is 1. The van der Waals surface area contributed by atoms with Crippen LogP contribution in [0.1, 0.15) is 18.2 Å². The van der Waals surface area contributed by atoms with Gasteiger partial charge in [0.1, 0.15) is 0 Å². The van der Waals surface area contributed by atoms with E-state index >= 15 is 0 Å². The largest absolute Gasteiger partial charge is 0.292 e. The molecule has 13 heavy (non-hydrogen) atoms. The van der Waals surface area contributed by atoms with E-state index in [1.807, 2.05) is 17.5 Å². The van der Waals surface area contributed by atoms with Gasteiger partial charge in [0.2, 0.25) is 5.78 Å². The first-order chi connectivity index (χ1) is 6.20. The van der Waals surface area contributed by atoms with Gasteiger partial charge in [0.15, 0.2) is 0 Å². The fourth-order valence-electron chi connectivity index (χ4n) is 1.27. The zero-order valence-electron chi connectivity index (χ0n) is 7.66. The van der Waals surface area contributed by atoms with Crippen LogP contribution in [0.15, 0.2) is 17.2 Å². The third-order valence-corrected chi connectivity index (χ3v) is 2.06. The smallest absolute Gasteiger partial charge is 0.255 e. The summed E-state index contributed by atoms with van der Waals surface area (Å²) in [5.74, 6) is 0.618. The van der Waals surface area contributed by atoms with Gasteiger partial charge in [0.05, 0.1) is 5.69 Å². The SMILES string of the molecule is CCc1cn2cc(C)c(=O)[nH]c2n1. The summed E-state index contributed by atoms with van der Waals surface area (Å²) in [4.78, 5) is 18.2. The van der Waals surface area contributed by atoms with E-state index in [1.54, 1.807) is 13.1 Å². The van der Waals surface area contributed by atoms with Crippen LogP contribution in [0.2, 0.25) is 0 Å². The van der Waals surface area contributed by atoms with Crippen LogP contribution in [-0.2, 0) is 6.42 Å². The molecule has 2 aromatic rings. The number of nitrogens with zero attached hydrogens (tertiary/aromatic N) is 2. The maximum Gasteiger partial charge on any atom is 0.255 e. The molecule has 2 aromatic heterocycles. The van der Waals surface area contributed by atoms with E-state index in [9.17, 15) is 4.79 Å². The normalized spacial score (nSPS) is 10.9. The van der Waals surface area contributed by atoms with E-state index in [0.717, 1.165) is 12.1 Å². The fraction of sp³-hybridized carbons (Fsp3) is 0.333. The minimum absolute atomic E-state index is 0.0687. The molecule has 4 heteroatoms. The first-order valence-corrected chi connectivity index (χ1v) is 4.28. The lowest BCUT2D eigenvalue weighted by Gasteiger charge is -1.93. The summed E-state index contributed by atoms with van der Waals surface area (Å²) in [6.45, 7) is 3.82. The predicted octanol–water partition coefficient (Wildman–Crippen LogP) is 0.893. The quantitative estimate of drug-likeness (QED) is 0.703. The number of hydrogen-bond donors (Lipinski definition) is 1. The Morgan fingerprint density at radius 3 is 3.00 bits per heavy atom. The van der Waals surface area contributed by atoms with Crippen molar-refractivity contribution in [3.05, 3.63) is 34.0 Å². The minimum Gasteiger partial charge on any atom is -0.292 e. The van der Waals surface area contributed by atoms with Crippen LogP contribution in [-0.4, -0.2) is 14.4 Å². The second-order valence-corrected chi connectivity index (χ2v) is 3.08. The summed E-state index contributed by atoms with van der Waals surface area (Å²) < 4.78 is 1.84. The third kappa shape index (κ3) is 1.24. The zero-order chi connectivity index (χ0) is 9.42. The van der Waals surface area contributed by atoms with Crippen molar-refractivity contribution in [1.82, 2.24) is 14.4 Å². The Balaban J connectivity index is 2.77. The van der Waals surface area contributed by atoms with E-state index in [-0.39, 0.29) is 5.56 Å². The summed E-state index contributed by atoms with van der Waals surface area (Å²) in [7, 11) is 0. The van der Waals surface area contributed by atoms with E-state index in [2.05, 4.69) is 9.97 Å². The van der Waals surface area contributed by atoms with Crippen molar-refractivity contribution in [3.8, 4) is 0 Å². The van der Waals surface area contributed by atoms with Gasteiger partial charge in [-0.3, -0.25) is 14.2 Å². The Hall–Kier alpha value is -1.58. The Morgan fingerprint density at radius 2 is 2.31 bits per heavy atom. The monoisotopic (exact) mass is 177 g/mol. The van der Waals surface area contributed by atoms with Crippen LogP contribution in [0.3, 0.4) is 0 Å². The highest BCUT2D eigenvalue weighted by Crippen LogP contribution is 2.01. The van der Waals surface area contributed by atoms with Crippen LogP contribution in [0, 0.1) is 6.92 Å². The van der Waals surface area contributed by atoms with Gasteiger partial charge in [0.25, 0.3) is 5.56 Å². The molecule has 0 aliphatic rings. The van der Waals surface area contributed by atoms with E-state index in [1.165, 1.54) is 0 Å². The molecule has 0 aromatic carbocycles. The predicted molar refractivity (Wildman–Crippen MR) is 49.9 cm³/mol. The van der Waals surface area contributed by atoms with Crippen LogP contribution >= 0.6 is 0 Å². The maximum atomic E-state index is 11.2. The molecule has 2 rings (SSSR count). The van der Waals surface area contributed by atoms with Gasteiger partial charge in [-0.05, 0) is 13.3 Å². The number of aryl methyl sites for hydroxylation is 2. The van der Waals surface area contributed by atoms with Gasteiger partial charge in [-0.2, -0.15) is 0 Å². The minimum atomic E-state index is -0.0687. The summed E-state index contributed by atoms with van der Waals surface area (Å²) in [5, 5.41) is 0. The number of imidazole rings is 1. The molecule has 0 saturated carbocycles. The van der Waals surface area contributed by atoms with Crippen molar-refractivity contribution in [2.45, 2.75) is 20.3 Å². The standard InChI is InChI=1S/C9H11N3O/c1-3-7-5-12-4-6(2)8(13)11-9(12)10-7/h4-5H,3H2,1-2H3,(H,10,11,13). The molecule has 0 unspecified atom stereocenters. The Bertz CT molecular complexity index is 495. The first kappa shape index (κ1) is 8.04. The lowest BCUT2D eigenvalue weighted by Crippen LogP contribution is -2.11. The van der Waals surface area contributed by atoms with Crippen molar-refractivity contribution in [3.63, 3.8) is 0 Å². The maximum absolute atomic E-state index is 11.2. The Kier molecular flexibility index (Phi) is 1.69. The van der Waals surface area contributed by atoms with Gasteiger partial charge in [-0.25, -0.2) is 4.98 Å². The molecule has 0 bridgehead atoms. The number of rotatable bonds is 1. The first-order valence-electron chi connectivity index (χ1n) is 4.28. The molecule has 0 spiro atoms. The molecule has 0 radical (unpaired) electrons. The van der Waals surface area contributed by atoms with Crippen molar-refractivity contribution in [2.24, 2.45) is 0 Å². The van der Waals surface area contributed by atoms with Gasteiger partial charge < -0.3 is 0 Å². The number of aromatic amines is 1. The number of aromatic nitrogens is 3. The fourth-order valence-corrected chi connectivity index (χ4v) is 1.27. The number of fused-ring (bicyclic) bond motifs is 1. The number of nitrogens with one attached hydrogen (secondary N) is 1. The Morgan fingerprint density at radius 1 is 1.54 bits per heavy atom. The average molecular weight is 177 g/mol. The molecule has 0 atom stereocenters. The molecular weight excluding hydrogens is 166 g/mol. The zero-order valence-corrected chi connectivity index (χ0v) is 7.66. The molecule has 0 aliphatic carbocycles. The van der Waals surface area contributed by atoms with E-state index < -0.39 is 0 Å². The van der Waals surface area contributed by atoms with Crippen LogP contribution in [0.5, 0.6) is 0 Å². The molecule has 1 N–H and O–H groups in total. The van der Waals surface area contributed by atoms with Gasteiger partial charge >= 0.3 is 0 Å². The van der Waals surface area contributed by atoms with Crippen molar-refractivity contribution < 1.29 is 0 Å². The molecule has 4 nitrogen and oxygen atoms in total. The highest BCUT2D eigenvalue weighted by Gasteiger charge is 2.01. The molecular formula is C9H11N3O. The second kappa shape index (κ2) is 2.73. The van der Waals surface area contributed by atoms with Gasteiger partial charge in [-0.1, -0.05) is 6.92 Å². The van der Waals surface area contributed by atoms with Crippen LogP contribution in [0.4, 0.5) is 0 Å². The van der Waals surface area contributed by atoms with E-state index in [4.69, 9.17) is 0 Å². The Labute approximate surface area is 75.2 Å². The lowest BCUT2D eigenvalue weighted by molar-refractivity contribution is 1.04. The third-order valence-electron chi connectivity index (χ3n) is 2.06. The number of hydrogen-bond acceptors (Lipinski definition) is 2. The van der Waals surface area contributed by atoms with Crippen LogP contribution in [0.25, 0.3) is 5.78 Å². The van der Waals surface area contributed by atoms with Crippen molar-refractivity contribution >= 4 is 5.78 Å². The van der Waals surface area contributed by atoms with Crippen LogP contribution < -0.4 is 5.56 Å². The molecule has 0 fully saturated rings. The second-order valence-electron chi connectivity index (χ2n) is 3.08. The average Bonchev–Trinajstić information content (AvgIpc) is 2.48. The molecule has 68 valence electrons. The topological polar surface area (TPSA) is 50.2 Å². The molecule has 0 aliphatic heterocycles. The molecule has 2 heterocycles. The van der Waals surface area contributed by atoms with Gasteiger partial charge in [-0.15, -0.1) is 0 Å². The van der Waals surface area contributed by atoms with Gasteiger partial charge in [0, 0.05) is 18.0 Å². The molecule has 0 saturated heterocycles. The highest BCUT2D eigenvalue weighted by atomic mass is 16.1. The van der Waals surface area contributed by atoms with E-state index in [0.29, 0.717) is 11.3 Å². The lowest BCUT2D eigenvalue weighted by atomic mass is 10.4. The van der Waals surface area contributed by atoms with Crippen molar-refractivity contribution in [1.29, 1.82) is 0 Å². The summed E-state index contributed by atoms with van der Waals surface area (Å²) in [5.41, 5.74) is 1.62. The highest BCUT2D eigenvalue weighted by molar-refractivity contribution is 5.31. The van der Waals surface area contributed by atoms with Crippen molar-refractivity contribution in [2.75, 3.05) is 0 Å². The molecule has 0 amide bonds. The summed E-state index contributed by atoms with van der Waals surface area (Å²) >= 11 is 0.